The molecule has 0 amide bonds. The number of nitrogens with two attached hydrogens (primary N) is 1. The van der Waals surface area contributed by atoms with Crippen LogP contribution >= 0.6 is 0 Å². The minimum Gasteiger partial charge on any atom is -0.374 e. The zero-order valence-electron chi connectivity index (χ0n) is 11.7. The Labute approximate surface area is 111 Å². The van der Waals surface area contributed by atoms with Crippen molar-refractivity contribution in [1.29, 1.82) is 0 Å². The van der Waals surface area contributed by atoms with Gasteiger partial charge in [0.2, 0.25) is 0 Å². The Morgan fingerprint density at radius 3 is 2.61 bits per heavy atom. The van der Waals surface area contributed by atoms with E-state index in [1.165, 1.54) is 38.5 Å². The molecule has 106 valence electrons. The van der Waals surface area contributed by atoms with E-state index in [0.29, 0.717) is 12.0 Å². The van der Waals surface area contributed by atoms with Gasteiger partial charge >= 0.3 is 0 Å². The van der Waals surface area contributed by atoms with Crippen molar-refractivity contribution in [3.05, 3.63) is 0 Å². The van der Waals surface area contributed by atoms with Gasteiger partial charge in [-0.15, -0.1) is 0 Å². The summed E-state index contributed by atoms with van der Waals surface area (Å²) >= 11 is 0. The fraction of sp³-hybridized carbons (Fsp3) is 1.00. The molecule has 2 fully saturated rings. The second kappa shape index (κ2) is 7.43. The quantitative estimate of drug-likeness (QED) is 0.454. The summed E-state index contributed by atoms with van der Waals surface area (Å²) in [6, 6.07) is 0.331. The lowest BCUT2D eigenvalue weighted by Crippen LogP contribution is -2.56. The molecule has 18 heavy (non-hydrogen) atoms. The lowest BCUT2D eigenvalue weighted by Gasteiger charge is -2.39. The highest BCUT2D eigenvalue weighted by molar-refractivity contribution is 4.87. The number of hydrogen-bond acceptors (Lipinski definition) is 4. The van der Waals surface area contributed by atoms with Crippen molar-refractivity contribution in [2.75, 3.05) is 26.2 Å². The fourth-order valence-electron chi connectivity index (χ4n) is 3.45. The number of likely N-dealkylation sites (N-methyl/N-ethyl adjacent to an activating group) is 1. The molecule has 0 aromatic carbocycles. The van der Waals surface area contributed by atoms with Crippen molar-refractivity contribution >= 4 is 0 Å². The van der Waals surface area contributed by atoms with E-state index in [4.69, 9.17) is 10.6 Å². The first-order chi connectivity index (χ1) is 8.85. The van der Waals surface area contributed by atoms with Gasteiger partial charge in [0.05, 0.1) is 18.8 Å². The standard InChI is InChI=1S/C14H29N3O/c1-2-17-9-10-18-13(11-17)14(16-15)12-7-5-3-4-6-8-12/h12-14,16H,2-11,15H2,1H3. The molecular formula is C14H29N3O. The topological polar surface area (TPSA) is 50.5 Å². The number of nitrogens with one attached hydrogen (secondary N) is 1. The highest BCUT2D eigenvalue weighted by atomic mass is 16.5. The molecule has 1 aliphatic heterocycles. The van der Waals surface area contributed by atoms with Gasteiger partial charge in [-0.3, -0.25) is 16.2 Å². The van der Waals surface area contributed by atoms with Crippen molar-refractivity contribution in [1.82, 2.24) is 10.3 Å². The van der Waals surface area contributed by atoms with E-state index in [-0.39, 0.29) is 6.10 Å². The number of nitrogens with zero attached hydrogens (tertiary/aromatic N) is 1. The van der Waals surface area contributed by atoms with E-state index in [1.807, 2.05) is 0 Å². The summed E-state index contributed by atoms with van der Waals surface area (Å²) in [5.41, 5.74) is 3.06. The summed E-state index contributed by atoms with van der Waals surface area (Å²) in [6.07, 6.45) is 8.37. The van der Waals surface area contributed by atoms with Gasteiger partial charge in [-0.05, 0) is 25.3 Å². The summed E-state index contributed by atoms with van der Waals surface area (Å²) < 4.78 is 5.97. The Hall–Kier alpha value is -0.160. The Bertz CT molecular complexity index is 229. The number of rotatable bonds is 4. The first-order valence-corrected chi connectivity index (χ1v) is 7.65. The second-order valence-corrected chi connectivity index (χ2v) is 5.75. The molecular weight excluding hydrogens is 226 g/mol. The van der Waals surface area contributed by atoms with Gasteiger partial charge in [0, 0.05) is 13.1 Å². The smallest absolute Gasteiger partial charge is 0.0871 e. The number of ether oxygens (including phenoxy) is 1. The van der Waals surface area contributed by atoms with E-state index in [0.717, 1.165) is 26.2 Å². The van der Waals surface area contributed by atoms with Crippen molar-refractivity contribution in [3.8, 4) is 0 Å². The van der Waals surface area contributed by atoms with E-state index in [1.54, 1.807) is 0 Å². The van der Waals surface area contributed by atoms with Gasteiger partial charge in [-0.25, -0.2) is 0 Å². The molecule has 2 rings (SSSR count). The van der Waals surface area contributed by atoms with Crippen LogP contribution in [0.4, 0.5) is 0 Å². The maximum Gasteiger partial charge on any atom is 0.0871 e. The van der Waals surface area contributed by atoms with E-state index >= 15 is 0 Å². The molecule has 1 heterocycles. The first-order valence-electron chi connectivity index (χ1n) is 7.65. The number of morpholine rings is 1. The van der Waals surface area contributed by atoms with Crippen molar-refractivity contribution in [2.24, 2.45) is 11.8 Å². The lowest BCUT2D eigenvalue weighted by molar-refractivity contribution is -0.0564. The van der Waals surface area contributed by atoms with E-state index < -0.39 is 0 Å². The minimum atomic E-state index is 0.270. The van der Waals surface area contributed by atoms with Crippen molar-refractivity contribution in [3.63, 3.8) is 0 Å². The molecule has 1 aliphatic carbocycles. The van der Waals surface area contributed by atoms with Crippen LogP contribution in [-0.4, -0.2) is 43.3 Å². The summed E-state index contributed by atoms with van der Waals surface area (Å²) in [5, 5.41) is 0. The number of hydrogen-bond donors (Lipinski definition) is 2. The molecule has 4 heteroatoms. The third-order valence-corrected chi connectivity index (χ3v) is 4.63. The van der Waals surface area contributed by atoms with Crippen LogP contribution in [0.5, 0.6) is 0 Å². The molecule has 0 spiro atoms. The molecule has 3 N–H and O–H groups in total. The van der Waals surface area contributed by atoms with Gasteiger partial charge in [0.15, 0.2) is 0 Å². The maximum atomic E-state index is 5.97. The van der Waals surface area contributed by atoms with E-state index in [2.05, 4.69) is 17.2 Å². The largest absolute Gasteiger partial charge is 0.374 e. The number of hydrazine groups is 1. The highest BCUT2D eigenvalue weighted by Gasteiger charge is 2.32. The molecule has 0 radical (unpaired) electrons. The normalized spacial score (nSPS) is 30.0. The first kappa shape index (κ1) is 14.3. The SMILES string of the molecule is CCN1CCOC(C(NN)C2CCCCCC2)C1. The third kappa shape index (κ3) is 3.67. The fourth-order valence-corrected chi connectivity index (χ4v) is 3.45. The van der Waals surface area contributed by atoms with Gasteiger partial charge in [0.1, 0.15) is 0 Å². The molecule has 0 bridgehead atoms. The van der Waals surface area contributed by atoms with Crippen LogP contribution < -0.4 is 11.3 Å². The predicted octanol–water partition coefficient (Wildman–Crippen LogP) is 1.51. The molecule has 4 nitrogen and oxygen atoms in total. The summed E-state index contributed by atoms with van der Waals surface area (Å²) in [5.74, 6) is 6.52. The molecule has 2 atom stereocenters. The zero-order valence-corrected chi connectivity index (χ0v) is 11.7. The average molecular weight is 255 g/mol. The Morgan fingerprint density at radius 2 is 2.00 bits per heavy atom. The van der Waals surface area contributed by atoms with Crippen LogP contribution in [0, 0.1) is 5.92 Å². The van der Waals surface area contributed by atoms with Gasteiger partial charge in [0.25, 0.3) is 0 Å². The molecule has 1 saturated carbocycles. The van der Waals surface area contributed by atoms with Crippen molar-refractivity contribution < 1.29 is 4.74 Å². The van der Waals surface area contributed by atoms with Crippen LogP contribution in [0.15, 0.2) is 0 Å². The van der Waals surface area contributed by atoms with E-state index in [9.17, 15) is 0 Å². The van der Waals surface area contributed by atoms with Crippen LogP contribution in [0.1, 0.15) is 45.4 Å². The summed E-state index contributed by atoms with van der Waals surface area (Å²) in [4.78, 5) is 2.47. The highest BCUT2D eigenvalue weighted by Crippen LogP contribution is 2.28. The van der Waals surface area contributed by atoms with Gasteiger partial charge < -0.3 is 4.74 Å². The van der Waals surface area contributed by atoms with Gasteiger partial charge in [-0.2, -0.15) is 0 Å². The molecule has 0 aromatic heterocycles. The van der Waals surface area contributed by atoms with Crippen LogP contribution in [0.25, 0.3) is 0 Å². The predicted molar refractivity (Wildman–Crippen MR) is 74.2 cm³/mol. The molecule has 2 unspecified atom stereocenters. The zero-order chi connectivity index (χ0) is 12.8. The minimum absolute atomic E-state index is 0.270. The Kier molecular flexibility index (Phi) is 5.89. The summed E-state index contributed by atoms with van der Waals surface area (Å²) in [6.45, 7) is 6.28. The van der Waals surface area contributed by atoms with Crippen LogP contribution in [0.2, 0.25) is 0 Å². The Morgan fingerprint density at radius 1 is 1.28 bits per heavy atom. The summed E-state index contributed by atoms with van der Waals surface area (Å²) in [7, 11) is 0. The van der Waals surface area contributed by atoms with Crippen LogP contribution in [0.3, 0.4) is 0 Å². The Balaban J connectivity index is 1.93. The van der Waals surface area contributed by atoms with Crippen LogP contribution in [-0.2, 0) is 4.74 Å². The third-order valence-electron chi connectivity index (χ3n) is 4.63. The van der Waals surface area contributed by atoms with Crippen molar-refractivity contribution in [2.45, 2.75) is 57.6 Å². The molecule has 2 aliphatic rings. The monoisotopic (exact) mass is 255 g/mol. The lowest BCUT2D eigenvalue weighted by atomic mass is 9.88. The molecule has 1 saturated heterocycles. The van der Waals surface area contributed by atoms with Gasteiger partial charge in [-0.1, -0.05) is 32.6 Å². The maximum absolute atomic E-state index is 5.97. The average Bonchev–Trinajstić information content (AvgIpc) is 2.69. The molecule has 0 aromatic rings. The second-order valence-electron chi connectivity index (χ2n) is 5.75.